The SMILES string of the molecule is Cc1cc(C)c(-n2nc(C(C)(C)O)c(=O)cc2C)c(C)c1. The maximum atomic E-state index is 12.1. The molecule has 1 heterocycles. The summed E-state index contributed by atoms with van der Waals surface area (Å²) in [6.07, 6.45) is 0. The minimum atomic E-state index is -1.26. The van der Waals surface area contributed by atoms with Crippen molar-refractivity contribution in [3.8, 4) is 5.69 Å². The van der Waals surface area contributed by atoms with Gasteiger partial charge < -0.3 is 5.11 Å². The summed E-state index contributed by atoms with van der Waals surface area (Å²) in [5.41, 5.74) is 3.74. The second kappa shape index (κ2) is 5.11. The van der Waals surface area contributed by atoms with Gasteiger partial charge in [0.25, 0.3) is 0 Å². The lowest BCUT2D eigenvalue weighted by Gasteiger charge is -2.21. The predicted octanol–water partition coefficient (Wildman–Crippen LogP) is 2.69. The van der Waals surface area contributed by atoms with E-state index >= 15 is 0 Å². The minimum absolute atomic E-state index is 0.160. The van der Waals surface area contributed by atoms with Crippen LogP contribution in [0.1, 0.15) is 41.9 Å². The van der Waals surface area contributed by atoms with Gasteiger partial charge >= 0.3 is 0 Å². The molecule has 1 aromatic heterocycles. The molecule has 4 heteroatoms. The number of benzene rings is 1. The lowest BCUT2D eigenvalue weighted by molar-refractivity contribution is 0.0709. The molecule has 0 fully saturated rings. The van der Waals surface area contributed by atoms with E-state index in [0.717, 1.165) is 22.5 Å². The van der Waals surface area contributed by atoms with Crippen LogP contribution in [-0.2, 0) is 5.60 Å². The first-order valence-electron chi connectivity index (χ1n) is 7.03. The molecule has 1 N–H and O–H groups in total. The Morgan fingerprint density at radius 2 is 1.57 bits per heavy atom. The number of nitrogens with zero attached hydrogens (tertiary/aromatic N) is 2. The summed E-state index contributed by atoms with van der Waals surface area (Å²) >= 11 is 0. The van der Waals surface area contributed by atoms with E-state index in [1.807, 2.05) is 20.8 Å². The molecule has 0 aliphatic heterocycles. The summed E-state index contributed by atoms with van der Waals surface area (Å²) in [4.78, 5) is 12.1. The van der Waals surface area contributed by atoms with Gasteiger partial charge in [-0.1, -0.05) is 17.7 Å². The molecule has 0 spiro atoms. The molecule has 112 valence electrons. The summed E-state index contributed by atoms with van der Waals surface area (Å²) < 4.78 is 1.75. The van der Waals surface area contributed by atoms with Crippen LogP contribution < -0.4 is 5.43 Å². The van der Waals surface area contributed by atoms with Crippen LogP contribution in [0.3, 0.4) is 0 Å². The number of aliphatic hydroxyl groups is 1. The molecule has 0 bridgehead atoms. The molecule has 0 aliphatic rings. The Kier molecular flexibility index (Phi) is 3.76. The first-order valence-corrected chi connectivity index (χ1v) is 7.03. The number of aryl methyl sites for hydroxylation is 4. The van der Waals surface area contributed by atoms with Crippen LogP contribution in [-0.4, -0.2) is 14.9 Å². The first-order chi connectivity index (χ1) is 9.61. The highest BCUT2D eigenvalue weighted by Crippen LogP contribution is 2.22. The van der Waals surface area contributed by atoms with Crippen LogP contribution in [0.25, 0.3) is 5.69 Å². The van der Waals surface area contributed by atoms with Gasteiger partial charge in [-0.2, -0.15) is 5.10 Å². The van der Waals surface area contributed by atoms with Crippen molar-refractivity contribution in [2.24, 2.45) is 0 Å². The molecule has 0 atom stereocenters. The van der Waals surface area contributed by atoms with Crippen LogP contribution in [0.5, 0.6) is 0 Å². The van der Waals surface area contributed by atoms with E-state index in [1.54, 1.807) is 18.5 Å². The lowest BCUT2D eigenvalue weighted by Crippen LogP contribution is -2.30. The Morgan fingerprint density at radius 3 is 2.05 bits per heavy atom. The van der Waals surface area contributed by atoms with Gasteiger partial charge in [-0.25, -0.2) is 4.68 Å². The molecule has 1 aromatic carbocycles. The Hall–Kier alpha value is -1.94. The van der Waals surface area contributed by atoms with Gasteiger partial charge in [0.1, 0.15) is 11.3 Å². The highest BCUT2D eigenvalue weighted by Gasteiger charge is 2.23. The topological polar surface area (TPSA) is 55.1 Å². The molecule has 0 saturated heterocycles. The summed E-state index contributed by atoms with van der Waals surface area (Å²) in [6.45, 7) is 11.1. The van der Waals surface area contributed by atoms with Gasteiger partial charge in [0, 0.05) is 11.8 Å². The van der Waals surface area contributed by atoms with Gasteiger partial charge in [0.05, 0.1) is 5.69 Å². The van der Waals surface area contributed by atoms with E-state index in [0.29, 0.717) is 0 Å². The number of hydrogen-bond acceptors (Lipinski definition) is 3. The van der Waals surface area contributed by atoms with Gasteiger partial charge in [-0.05, 0) is 52.7 Å². The zero-order valence-corrected chi connectivity index (χ0v) is 13.5. The summed E-state index contributed by atoms with van der Waals surface area (Å²) in [7, 11) is 0. The molecular weight excluding hydrogens is 264 g/mol. The zero-order valence-electron chi connectivity index (χ0n) is 13.5. The summed E-state index contributed by atoms with van der Waals surface area (Å²) in [5.74, 6) is 0. The standard InChI is InChI=1S/C17H22N2O2/c1-10-7-11(2)15(12(3)8-10)19-13(4)9-14(20)16(18-19)17(5,6)21/h7-9,21H,1-6H3. The van der Waals surface area contributed by atoms with Crippen molar-refractivity contribution >= 4 is 0 Å². The van der Waals surface area contributed by atoms with E-state index in [4.69, 9.17) is 0 Å². The molecule has 0 amide bonds. The summed E-state index contributed by atoms with van der Waals surface area (Å²) in [5, 5.41) is 14.6. The van der Waals surface area contributed by atoms with Crippen LogP contribution in [0.15, 0.2) is 23.0 Å². The van der Waals surface area contributed by atoms with E-state index < -0.39 is 5.60 Å². The summed E-state index contributed by atoms with van der Waals surface area (Å²) in [6, 6.07) is 5.70. The Bertz CT molecular complexity index is 729. The van der Waals surface area contributed by atoms with Crippen molar-refractivity contribution in [2.75, 3.05) is 0 Å². The lowest BCUT2D eigenvalue weighted by atomic mass is 10.0. The van der Waals surface area contributed by atoms with Crippen molar-refractivity contribution in [3.63, 3.8) is 0 Å². The quantitative estimate of drug-likeness (QED) is 0.923. The average molecular weight is 286 g/mol. The van der Waals surface area contributed by atoms with E-state index in [9.17, 15) is 9.90 Å². The molecule has 2 rings (SSSR count). The molecule has 0 radical (unpaired) electrons. The van der Waals surface area contributed by atoms with Gasteiger partial charge in [0.2, 0.25) is 5.43 Å². The molecule has 4 nitrogen and oxygen atoms in total. The largest absolute Gasteiger partial charge is 0.384 e. The second-order valence-corrected chi connectivity index (χ2v) is 6.22. The maximum Gasteiger partial charge on any atom is 0.206 e. The van der Waals surface area contributed by atoms with Gasteiger partial charge in [0.15, 0.2) is 0 Å². The normalized spacial score (nSPS) is 11.8. The fourth-order valence-electron chi connectivity index (χ4n) is 2.70. The average Bonchev–Trinajstić information content (AvgIpc) is 2.28. The smallest absolute Gasteiger partial charge is 0.206 e. The van der Waals surface area contributed by atoms with Crippen molar-refractivity contribution in [1.82, 2.24) is 9.78 Å². The predicted molar refractivity (Wildman–Crippen MR) is 84.0 cm³/mol. The third kappa shape index (κ3) is 2.90. The number of rotatable bonds is 2. The highest BCUT2D eigenvalue weighted by atomic mass is 16.3. The number of aromatic nitrogens is 2. The third-order valence-corrected chi connectivity index (χ3v) is 3.53. The molecule has 0 saturated carbocycles. The maximum absolute atomic E-state index is 12.1. The third-order valence-electron chi connectivity index (χ3n) is 3.53. The molecule has 0 unspecified atom stereocenters. The van der Waals surface area contributed by atoms with Crippen molar-refractivity contribution in [2.45, 2.75) is 47.1 Å². The Morgan fingerprint density at radius 1 is 1.05 bits per heavy atom. The first kappa shape index (κ1) is 15.4. The van der Waals surface area contributed by atoms with Crippen LogP contribution in [0, 0.1) is 27.7 Å². The fraction of sp³-hybridized carbons (Fsp3) is 0.412. The zero-order chi connectivity index (χ0) is 15.9. The van der Waals surface area contributed by atoms with Gasteiger partial charge in [-0.15, -0.1) is 0 Å². The van der Waals surface area contributed by atoms with Gasteiger partial charge in [-0.3, -0.25) is 4.79 Å². The monoisotopic (exact) mass is 286 g/mol. The molecule has 21 heavy (non-hydrogen) atoms. The van der Waals surface area contributed by atoms with Crippen LogP contribution in [0.2, 0.25) is 0 Å². The second-order valence-electron chi connectivity index (χ2n) is 6.22. The van der Waals surface area contributed by atoms with E-state index in [1.165, 1.54) is 11.6 Å². The van der Waals surface area contributed by atoms with Crippen molar-refractivity contribution < 1.29 is 5.11 Å². The van der Waals surface area contributed by atoms with E-state index in [2.05, 4.69) is 24.2 Å². The molecular formula is C17H22N2O2. The van der Waals surface area contributed by atoms with E-state index in [-0.39, 0.29) is 11.1 Å². The van der Waals surface area contributed by atoms with Crippen molar-refractivity contribution in [3.05, 3.63) is 56.5 Å². The van der Waals surface area contributed by atoms with Crippen LogP contribution >= 0.6 is 0 Å². The Labute approximate surface area is 125 Å². The Balaban J connectivity index is 2.80. The number of hydrogen-bond donors (Lipinski definition) is 1. The van der Waals surface area contributed by atoms with Crippen LogP contribution in [0.4, 0.5) is 0 Å². The minimum Gasteiger partial charge on any atom is -0.384 e. The molecule has 2 aromatic rings. The highest BCUT2D eigenvalue weighted by molar-refractivity contribution is 5.49. The molecule has 0 aliphatic carbocycles. The fourth-order valence-corrected chi connectivity index (χ4v) is 2.70. The van der Waals surface area contributed by atoms with Crippen molar-refractivity contribution in [1.29, 1.82) is 0 Å².